The van der Waals surface area contributed by atoms with Gasteiger partial charge in [-0.2, -0.15) is 0 Å². The van der Waals surface area contributed by atoms with Crippen molar-refractivity contribution in [1.82, 2.24) is 4.90 Å². The maximum Gasteiger partial charge on any atom is 0.358 e. The van der Waals surface area contributed by atoms with Crippen LogP contribution in [0.2, 0.25) is 0 Å². The Morgan fingerprint density at radius 2 is 2.03 bits per heavy atom. The second kappa shape index (κ2) is 8.09. The van der Waals surface area contributed by atoms with Crippen molar-refractivity contribution >= 4 is 52.0 Å². The number of nitrogens with zero attached hydrogens (tertiary/aromatic N) is 1. The summed E-state index contributed by atoms with van der Waals surface area (Å²) in [7, 11) is 0. The van der Waals surface area contributed by atoms with E-state index in [4.69, 9.17) is 27.4 Å². The molecule has 2 aliphatic heterocycles. The van der Waals surface area contributed by atoms with Gasteiger partial charge in [-0.1, -0.05) is 12.2 Å². The Hall–Kier alpha value is -2.30. The normalized spacial score (nSPS) is 21.8. The van der Waals surface area contributed by atoms with Crippen molar-refractivity contribution in [3.8, 4) is 0 Å². The summed E-state index contributed by atoms with van der Waals surface area (Å²) >= 11 is 6.32. The minimum Gasteiger partial charge on any atom is -0.427 e. The molecule has 3 unspecified atom stereocenters. The number of thiophene rings is 1. The molecule has 10 heteroatoms. The Bertz CT molecular complexity index is 943. The zero-order valence-electron chi connectivity index (χ0n) is 17.1. The van der Waals surface area contributed by atoms with Gasteiger partial charge in [0.25, 0.3) is 0 Å². The Morgan fingerprint density at radius 1 is 1.37 bits per heavy atom. The highest BCUT2D eigenvalue weighted by molar-refractivity contribution is 7.81. The van der Waals surface area contributed by atoms with Crippen LogP contribution in [0.15, 0.2) is 17.8 Å². The van der Waals surface area contributed by atoms with Crippen LogP contribution < -0.4 is 5.73 Å². The van der Waals surface area contributed by atoms with Crippen molar-refractivity contribution in [2.24, 2.45) is 17.1 Å². The fourth-order valence-corrected chi connectivity index (χ4v) is 4.64. The Kier molecular flexibility index (Phi) is 6.03. The summed E-state index contributed by atoms with van der Waals surface area (Å²) in [5.74, 6) is -2.20. The zero-order valence-corrected chi connectivity index (χ0v) is 18.8. The van der Waals surface area contributed by atoms with Gasteiger partial charge in [0.1, 0.15) is 10.7 Å². The highest BCUT2D eigenvalue weighted by Crippen LogP contribution is 2.48. The second-order valence-corrected chi connectivity index (χ2v) is 9.86. The number of rotatable bonds is 6. The lowest BCUT2D eigenvalue weighted by Gasteiger charge is -2.44. The van der Waals surface area contributed by atoms with E-state index in [2.05, 4.69) is 0 Å². The van der Waals surface area contributed by atoms with Crippen LogP contribution in [-0.4, -0.2) is 51.8 Å². The van der Waals surface area contributed by atoms with E-state index in [9.17, 15) is 19.5 Å². The largest absolute Gasteiger partial charge is 0.427 e. The molecule has 30 heavy (non-hydrogen) atoms. The highest BCUT2D eigenvalue weighted by Gasteiger charge is 2.57. The number of esters is 2. The SMILES string of the molecule is CC(O)C1C(=O)N2C(C(=O)OCOC(=O)C(C)(C)C)=C(c3ccc(C(N)=S)s3)CC12. The summed E-state index contributed by atoms with van der Waals surface area (Å²) in [5.41, 5.74) is 5.68. The van der Waals surface area contributed by atoms with E-state index in [0.29, 0.717) is 16.9 Å². The van der Waals surface area contributed by atoms with Gasteiger partial charge >= 0.3 is 11.9 Å². The van der Waals surface area contributed by atoms with Crippen LogP contribution in [0, 0.1) is 11.3 Å². The molecule has 1 aromatic heterocycles. The number of nitrogens with two attached hydrogens (primary N) is 1. The van der Waals surface area contributed by atoms with Crippen molar-refractivity contribution in [1.29, 1.82) is 0 Å². The molecule has 1 aromatic rings. The monoisotopic (exact) mass is 452 g/mol. The lowest BCUT2D eigenvalue weighted by molar-refractivity contribution is -0.175. The predicted octanol–water partition coefficient (Wildman–Crippen LogP) is 1.79. The molecule has 1 amide bonds. The van der Waals surface area contributed by atoms with Gasteiger partial charge in [0.2, 0.25) is 12.7 Å². The van der Waals surface area contributed by atoms with Gasteiger partial charge in [-0.05, 0) is 46.2 Å². The molecule has 0 spiro atoms. The van der Waals surface area contributed by atoms with Gasteiger partial charge in [0.15, 0.2) is 0 Å². The van der Waals surface area contributed by atoms with Crippen LogP contribution in [-0.2, 0) is 23.9 Å². The topological polar surface area (TPSA) is 119 Å². The Labute approximate surface area is 183 Å². The van der Waals surface area contributed by atoms with E-state index in [1.165, 1.54) is 16.2 Å². The first-order valence-electron chi connectivity index (χ1n) is 9.42. The molecule has 0 bridgehead atoms. The molecule has 0 aromatic carbocycles. The molecule has 162 valence electrons. The maximum atomic E-state index is 12.8. The molecule has 1 fully saturated rings. The summed E-state index contributed by atoms with van der Waals surface area (Å²) in [6.45, 7) is 6.05. The first kappa shape index (κ1) is 22.4. The van der Waals surface area contributed by atoms with E-state index in [0.717, 1.165) is 4.88 Å². The lowest BCUT2D eigenvalue weighted by atomic mass is 9.83. The van der Waals surface area contributed by atoms with Gasteiger partial charge in [0.05, 0.1) is 28.4 Å². The van der Waals surface area contributed by atoms with Crippen LogP contribution in [0.25, 0.3) is 5.57 Å². The molecule has 2 aliphatic rings. The van der Waals surface area contributed by atoms with Crippen LogP contribution in [0.4, 0.5) is 0 Å². The number of hydrogen-bond donors (Lipinski definition) is 2. The van der Waals surface area contributed by atoms with Crippen molar-refractivity contribution < 1.29 is 29.0 Å². The lowest BCUT2D eigenvalue weighted by Crippen LogP contribution is -2.61. The Morgan fingerprint density at radius 3 is 2.57 bits per heavy atom. The molecule has 0 radical (unpaired) electrons. The third-order valence-electron chi connectivity index (χ3n) is 5.06. The molecule has 3 heterocycles. The quantitative estimate of drug-likeness (QED) is 0.290. The maximum absolute atomic E-state index is 12.8. The summed E-state index contributed by atoms with van der Waals surface area (Å²) < 4.78 is 10.2. The molecule has 1 saturated heterocycles. The van der Waals surface area contributed by atoms with E-state index in [1.54, 1.807) is 39.8 Å². The molecule has 0 aliphatic carbocycles. The Balaban J connectivity index is 1.85. The van der Waals surface area contributed by atoms with Crippen molar-refractivity contribution in [3.63, 3.8) is 0 Å². The van der Waals surface area contributed by atoms with E-state index < -0.39 is 36.2 Å². The molecular weight excluding hydrogens is 428 g/mol. The fraction of sp³-hybridized carbons (Fsp3) is 0.500. The summed E-state index contributed by atoms with van der Waals surface area (Å²) in [4.78, 5) is 40.3. The molecular formula is C20H24N2O6S2. The number of carbonyl (C=O) groups is 3. The summed E-state index contributed by atoms with van der Waals surface area (Å²) in [6.07, 6.45) is -0.441. The van der Waals surface area contributed by atoms with Gasteiger partial charge in [0, 0.05) is 10.5 Å². The van der Waals surface area contributed by atoms with Gasteiger partial charge in [-0.3, -0.25) is 9.59 Å². The average molecular weight is 453 g/mol. The molecule has 3 rings (SSSR count). The van der Waals surface area contributed by atoms with E-state index >= 15 is 0 Å². The first-order valence-corrected chi connectivity index (χ1v) is 10.6. The van der Waals surface area contributed by atoms with Gasteiger partial charge in [-0.15, -0.1) is 11.3 Å². The smallest absolute Gasteiger partial charge is 0.358 e. The number of carbonyl (C=O) groups excluding carboxylic acids is 3. The predicted molar refractivity (Wildman–Crippen MR) is 114 cm³/mol. The van der Waals surface area contributed by atoms with Crippen LogP contribution >= 0.6 is 23.6 Å². The number of hydrogen-bond acceptors (Lipinski definition) is 8. The summed E-state index contributed by atoms with van der Waals surface area (Å²) in [5, 5.41) is 9.96. The molecule has 3 N–H and O–H groups in total. The average Bonchev–Trinajstić information content (AvgIpc) is 3.23. The van der Waals surface area contributed by atoms with E-state index in [-0.39, 0.29) is 22.6 Å². The third-order valence-corrected chi connectivity index (χ3v) is 6.59. The molecule has 3 atom stereocenters. The number of amides is 1. The molecule has 0 saturated carbocycles. The van der Waals surface area contributed by atoms with Gasteiger partial charge < -0.3 is 25.2 Å². The number of ether oxygens (including phenoxy) is 2. The van der Waals surface area contributed by atoms with Gasteiger partial charge in [-0.25, -0.2) is 4.79 Å². The number of aliphatic hydroxyl groups excluding tert-OH is 1. The minimum absolute atomic E-state index is 0.102. The first-order chi connectivity index (χ1) is 13.9. The fourth-order valence-electron chi connectivity index (χ4n) is 3.53. The van der Waals surface area contributed by atoms with Crippen molar-refractivity contribution in [2.45, 2.75) is 46.3 Å². The van der Waals surface area contributed by atoms with Crippen LogP contribution in [0.3, 0.4) is 0 Å². The number of β-lactam (4-membered cyclic amide) rings is 1. The standard InChI is InChI=1S/C20H24N2O6S2/c1-9(23)14-11-7-10(12-5-6-13(30-12)16(21)29)15(22(11)17(14)24)18(25)27-8-28-19(26)20(2,3)4/h5-6,9,11,14,23H,7-8H2,1-4H3,(H2,21,29). The third kappa shape index (κ3) is 3.99. The second-order valence-electron chi connectivity index (χ2n) is 8.33. The van der Waals surface area contributed by atoms with Crippen molar-refractivity contribution in [3.05, 3.63) is 27.6 Å². The molecule has 8 nitrogen and oxygen atoms in total. The number of fused-ring (bicyclic) bond motifs is 1. The van der Waals surface area contributed by atoms with E-state index in [1.807, 2.05) is 0 Å². The minimum atomic E-state index is -0.835. The number of aliphatic hydroxyl groups is 1. The van der Waals surface area contributed by atoms with Crippen molar-refractivity contribution in [2.75, 3.05) is 6.79 Å². The van der Waals surface area contributed by atoms with Crippen LogP contribution in [0.5, 0.6) is 0 Å². The summed E-state index contributed by atoms with van der Waals surface area (Å²) in [6, 6.07) is 3.21. The van der Waals surface area contributed by atoms with Crippen LogP contribution in [0.1, 0.15) is 43.9 Å². The zero-order chi connectivity index (χ0) is 22.4. The number of thiocarbonyl (C=S) groups is 1. The highest BCUT2D eigenvalue weighted by atomic mass is 32.1.